The number of nitrogens with zero attached hydrogens (tertiary/aromatic N) is 1. The molecule has 4 heteroatoms. The smallest absolute Gasteiger partial charge is 0.128 e. The maximum absolute atomic E-state index is 10.00. The molecule has 0 aliphatic heterocycles. The Kier molecular flexibility index (Phi) is 6.81. The molecule has 1 unspecified atom stereocenters. The zero-order chi connectivity index (χ0) is 14.3. The molecule has 108 valence electrons. The van der Waals surface area contributed by atoms with Gasteiger partial charge in [-0.1, -0.05) is 6.92 Å². The standard InChI is InChI=1S/C15H25NO3/c1-5-7-19-8-6-13(17)9-14-12(3)15(18-4)11(2)10-16-14/h10,13,17H,5-9H2,1-4H3. The lowest BCUT2D eigenvalue weighted by Crippen LogP contribution is -2.16. The highest BCUT2D eigenvalue weighted by Crippen LogP contribution is 2.24. The lowest BCUT2D eigenvalue weighted by molar-refractivity contribution is 0.0819. The first kappa shape index (κ1) is 15.9. The summed E-state index contributed by atoms with van der Waals surface area (Å²) in [6.45, 7) is 7.37. The fourth-order valence-electron chi connectivity index (χ4n) is 2.07. The van der Waals surface area contributed by atoms with Crippen LogP contribution in [0.1, 0.15) is 36.6 Å². The number of aliphatic hydroxyl groups excluding tert-OH is 1. The van der Waals surface area contributed by atoms with Crippen molar-refractivity contribution < 1.29 is 14.6 Å². The van der Waals surface area contributed by atoms with Gasteiger partial charge in [-0.15, -0.1) is 0 Å². The lowest BCUT2D eigenvalue weighted by Gasteiger charge is -2.15. The number of methoxy groups -OCH3 is 1. The van der Waals surface area contributed by atoms with Crippen LogP contribution in [0.3, 0.4) is 0 Å². The van der Waals surface area contributed by atoms with E-state index >= 15 is 0 Å². The predicted octanol–water partition coefficient (Wildman–Crippen LogP) is 2.43. The van der Waals surface area contributed by atoms with E-state index in [1.54, 1.807) is 13.3 Å². The van der Waals surface area contributed by atoms with Crippen molar-refractivity contribution in [3.63, 3.8) is 0 Å². The Bertz CT molecular complexity index is 393. The van der Waals surface area contributed by atoms with E-state index in [-0.39, 0.29) is 0 Å². The topological polar surface area (TPSA) is 51.6 Å². The van der Waals surface area contributed by atoms with Crippen molar-refractivity contribution >= 4 is 0 Å². The molecule has 0 amide bonds. The normalized spacial score (nSPS) is 12.5. The summed E-state index contributed by atoms with van der Waals surface area (Å²) in [6.07, 6.45) is 3.55. The molecule has 1 N–H and O–H groups in total. The van der Waals surface area contributed by atoms with Gasteiger partial charge in [-0.2, -0.15) is 0 Å². The minimum atomic E-state index is -0.421. The van der Waals surface area contributed by atoms with Gasteiger partial charge >= 0.3 is 0 Å². The summed E-state index contributed by atoms with van der Waals surface area (Å²) in [7, 11) is 1.66. The van der Waals surface area contributed by atoms with E-state index in [9.17, 15) is 5.11 Å². The van der Waals surface area contributed by atoms with E-state index in [0.29, 0.717) is 19.4 Å². The number of aliphatic hydroxyl groups is 1. The molecule has 1 atom stereocenters. The lowest BCUT2D eigenvalue weighted by atomic mass is 10.0. The second-order valence-electron chi connectivity index (χ2n) is 4.81. The van der Waals surface area contributed by atoms with Gasteiger partial charge in [0.15, 0.2) is 0 Å². The maximum Gasteiger partial charge on any atom is 0.128 e. The molecule has 0 radical (unpaired) electrons. The summed E-state index contributed by atoms with van der Waals surface area (Å²) in [6, 6.07) is 0. The van der Waals surface area contributed by atoms with E-state index in [1.165, 1.54) is 0 Å². The molecule has 0 fully saturated rings. The van der Waals surface area contributed by atoms with E-state index < -0.39 is 6.10 Å². The van der Waals surface area contributed by atoms with Gasteiger partial charge in [-0.05, 0) is 26.7 Å². The number of hydrogen-bond acceptors (Lipinski definition) is 4. The number of aryl methyl sites for hydroxylation is 1. The zero-order valence-electron chi connectivity index (χ0n) is 12.4. The molecule has 1 aromatic rings. The molecule has 0 saturated carbocycles. The molecule has 0 spiro atoms. The third-order valence-electron chi connectivity index (χ3n) is 3.12. The Morgan fingerprint density at radius 2 is 2.05 bits per heavy atom. The minimum Gasteiger partial charge on any atom is -0.496 e. The molecule has 4 nitrogen and oxygen atoms in total. The largest absolute Gasteiger partial charge is 0.496 e. The molecule has 0 aliphatic carbocycles. The van der Waals surface area contributed by atoms with Crippen LogP contribution >= 0.6 is 0 Å². The molecule has 1 rings (SSSR count). The monoisotopic (exact) mass is 267 g/mol. The number of ether oxygens (including phenoxy) is 2. The molecule has 0 bridgehead atoms. The fraction of sp³-hybridized carbons (Fsp3) is 0.667. The van der Waals surface area contributed by atoms with Gasteiger partial charge < -0.3 is 14.6 Å². The van der Waals surface area contributed by atoms with Crippen molar-refractivity contribution in [3.8, 4) is 5.75 Å². The van der Waals surface area contributed by atoms with Crippen molar-refractivity contribution in [1.29, 1.82) is 0 Å². The van der Waals surface area contributed by atoms with E-state index in [2.05, 4.69) is 11.9 Å². The summed E-state index contributed by atoms with van der Waals surface area (Å²) in [5, 5.41) is 10.00. The Hall–Kier alpha value is -1.13. The van der Waals surface area contributed by atoms with Crippen LogP contribution in [0.4, 0.5) is 0 Å². The number of aromatic nitrogens is 1. The van der Waals surface area contributed by atoms with Crippen LogP contribution in [-0.2, 0) is 11.2 Å². The minimum absolute atomic E-state index is 0.421. The molecular formula is C15H25NO3. The van der Waals surface area contributed by atoms with Gasteiger partial charge in [0.1, 0.15) is 5.75 Å². The van der Waals surface area contributed by atoms with Crippen molar-refractivity contribution in [2.24, 2.45) is 0 Å². The Labute approximate surface area is 115 Å². The van der Waals surface area contributed by atoms with Crippen LogP contribution < -0.4 is 4.74 Å². The zero-order valence-corrected chi connectivity index (χ0v) is 12.4. The highest BCUT2D eigenvalue weighted by atomic mass is 16.5. The van der Waals surface area contributed by atoms with Crippen LogP contribution in [0.2, 0.25) is 0 Å². The van der Waals surface area contributed by atoms with Crippen molar-refractivity contribution in [3.05, 3.63) is 23.0 Å². The molecule has 1 heterocycles. The van der Waals surface area contributed by atoms with Crippen LogP contribution in [-0.4, -0.2) is 36.5 Å². The van der Waals surface area contributed by atoms with Gasteiger partial charge in [0.25, 0.3) is 0 Å². The third kappa shape index (κ3) is 4.80. The van der Waals surface area contributed by atoms with Crippen molar-refractivity contribution in [2.75, 3.05) is 20.3 Å². The molecule has 0 aromatic carbocycles. The Morgan fingerprint density at radius 1 is 1.32 bits per heavy atom. The highest BCUT2D eigenvalue weighted by molar-refractivity contribution is 5.41. The summed E-state index contributed by atoms with van der Waals surface area (Å²) in [5.74, 6) is 0.861. The van der Waals surface area contributed by atoms with Gasteiger partial charge in [0.2, 0.25) is 0 Å². The van der Waals surface area contributed by atoms with Crippen LogP contribution in [0.15, 0.2) is 6.20 Å². The van der Waals surface area contributed by atoms with E-state index in [0.717, 1.165) is 35.6 Å². The fourth-order valence-corrected chi connectivity index (χ4v) is 2.07. The molecule has 1 aromatic heterocycles. The summed E-state index contributed by atoms with van der Waals surface area (Å²) in [5.41, 5.74) is 2.92. The van der Waals surface area contributed by atoms with E-state index in [4.69, 9.17) is 9.47 Å². The van der Waals surface area contributed by atoms with Crippen LogP contribution in [0.25, 0.3) is 0 Å². The second-order valence-corrected chi connectivity index (χ2v) is 4.81. The first-order chi connectivity index (χ1) is 9.10. The molecule has 19 heavy (non-hydrogen) atoms. The van der Waals surface area contributed by atoms with E-state index in [1.807, 2.05) is 13.8 Å². The summed E-state index contributed by atoms with van der Waals surface area (Å²) >= 11 is 0. The SMILES string of the molecule is CCCOCCC(O)Cc1ncc(C)c(OC)c1C. The number of rotatable bonds is 8. The van der Waals surface area contributed by atoms with Crippen molar-refractivity contribution in [2.45, 2.75) is 46.1 Å². The Morgan fingerprint density at radius 3 is 2.68 bits per heavy atom. The quantitative estimate of drug-likeness (QED) is 0.735. The van der Waals surface area contributed by atoms with Crippen LogP contribution in [0, 0.1) is 13.8 Å². The third-order valence-corrected chi connectivity index (χ3v) is 3.12. The Balaban J connectivity index is 2.57. The number of hydrogen-bond donors (Lipinski definition) is 1. The average Bonchev–Trinajstić information content (AvgIpc) is 2.39. The maximum atomic E-state index is 10.00. The number of pyridine rings is 1. The predicted molar refractivity (Wildman–Crippen MR) is 75.7 cm³/mol. The molecule has 0 saturated heterocycles. The highest BCUT2D eigenvalue weighted by Gasteiger charge is 2.13. The first-order valence-electron chi connectivity index (χ1n) is 6.85. The molecule has 0 aliphatic rings. The van der Waals surface area contributed by atoms with Crippen molar-refractivity contribution in [1.82, 2.24) is 4.98 Å². The molecular weight excluding hydrogens is 242 g/mol. The van der Waals surface area contributed by atoms with Gasteiger partial charge in [0, 0.05) is 42.7 Å². The summed E-state index contributed by atoms with van der Waals surface area (Å²) < 4.78 is 10.7. The summed E-state index contributed by atoms with van der Waals surface area (Å²) in [4.78, 5) is 4.39. The first-order valence-corrected chi connectivity index (χ1v) is 6.85. The van der Waals surface area contributed by atoms with Gasteiger partial charge in [0.05, 0.1) is 13.2 Å². The van der Waals surface area contributed by atoms with Gasteiger partial charge in [-0.25, -0.2) is 0 Å². The second kappa shape index (κ2) is 8.12. The van der Waals surface area contributed by atoms with Gasteiger partial charge in [-0.3, -0.25) is 4.98 Å². The van der Waals surface area contributed by atoms with Crippen LogP contribution in [0.5, 0.6) is 5.75 Å². The average molecular weight is 267 g/mol.